The summed E-state index contributed by atoms with van der Waals surface area (Å²) in [5.41, 5.74) is -0.0519. The number of carbonyl (C=O) groups is 2. The molecular formula is C35H44F3N7O2. The van der Waals surface area contributed by atoms with Crippen LogP contribution in [0.2, 0.25) is 0 Å². The molecule has 0 saturated heterocycles. The van der Waals surface area contributed by atoms with Crippen LogP contribution in [0.4, 0.5) is 13.2 Å². The molecule has 3 aliphatic rings. The van der Waals surface area contributed by atoms with Crippen LogP contribution in [0.3, 0.4) is 0 Å². The summed E-state index contributed by atoms with van der Waals surface area (Å²) in [7, 11) is 0. The van der Waals surface area contributed by atoms with Gasteiger partial charge in [0.05, 0.1) is 12.6 Å². The molecule has 1 spiro atoms. The Labute approximate surface area is 274 Å². The maximum Gasteiger partial charge on any atom is 0.433 e. The van der Waals surface area contributed by atoms with Crippen LogP contribution in [-0.2, 0) is 11.0 Å². The van der Waals surface area contributed by atoms with Crippen molar-refractivity contribution in [3.8, 4) is 0 Å². The quantitative estimate of drug-likeness (QED) is 0.315. The van der Waals surface area contributed by atoms with Gasteiger partial charge in [-0.3, -0.25) is 19.6 Å². The van der Waals surface area contributed by atoms with Gasteiger partial charge in [0.1, 0.15) is 17.1 Å². The van der Waals surface area contributed by atoms with E-state index < -0.39 is 17.5 Å². The van der Waals surface area contributed by atoms with Crippen molar-refractivity contribution in [2.75, 3.05) is 13.2 Å². The fraction of sp³-hybridized carbons (Fsp3) is 0.571. The van der Waals surface area contributed by atoms with Crippen molar-refractivity contribution in [1.82, 2.24) is 15.2 Å². The fourth-order valence-corrected chi connectivity index (χ4v) is 6.72. The van der Waals surface area contributed by atoms with Gasteiger partial charge in [-0.25, -0.2) is 4.99 Å². The van der Waals surface area contributed by atoms with Gasteiger partial charge >= 0.3 is 6.18 Å². The lowest BCUT2D eigenvalue weighted by atomic mass is 9.69. The molecule has 252 valence electrons. The summed E-state index contributed by atoms with van der Waals surface area (Å²) in [6.45, 7) is 13.6. The number of benzene rings is 1. The van der Waals surface area contributed by atoms with Gasteiger partial charge in [0.15, 0.2) is 12.5 Å². The summed E-state index contributed by atoms with van der Waals surface area (Å²) in [6, 6.07) is 9.08. The summed E-state index contributed by atoms with van der Waals surface area (Å²) in [5, 5.41) is 10.5. The summed E-state index contributed by atoms with van der Waals surface area (Å²) in [4.78, 5) is 42.1. The molecule has 2 amide bonds. The number of amidine groups is 1. The highest BCUT2D eigenvalue weighted by atomic mass is 19.4. The lowest BCUT2D eigenvalue weighted by Gasteiger charge is -2.47. The van der Waals surface area contributed by atoms with Crippen LogP contribution in [0.1, 0.15) is 113 Å². The first kappa shape index (κ1) is 34.4. The Hall–Kier alpha value is -3.96. The van der Waals surface area contributed by atoms with Gasteiger partial charge in [-0.15, -0.1) is 5.11 Å². The number of alkyl halides is 3. The van der Waals surface area contributed by atoms with Gasteiger partial charge in [0.2, 0.25) is 0 Å². The average molecular weight is 652 g/mol. The molecule has 0 bridgehead atoms. The van der Waals surface area contributed by atoms with E-state index in [1.165, 1.54) is 6.07 Å². The van der Waals surface area contributed by atoms with Crippen LogP contribution in [0.15, 0.2) is 62.8 Å². The van der Waals surface area contributed by atoms with Crippen LogP contribution in [0.25, 0.3) is 0 Å². The number of carbonyl (C=O) groups excluding carboxylic acids is 2. The second-order valence-corrected chi connectivity index (χ2v) is 15.1. The molecule has 2 aromatic rings. The van der Waals surface area contributed by atoms with Crippen molar-refractivity contribution >= 4 is 23.4 Å². The minimum Gasteiger partial charge on any atom is -0.345 e. The molecule has 1 saturated carbocycles. The maximum atomic E-state index is 14.5. The normalized spacial score (nSPS) is 22.4. The smallest absolute Gasteiger partial charge is 0.345 e. The highest BCUT2D eigenvalue weighted by Gasteiger charge is 2.53. The molecule has 12 heteroatoms. The first-order valence-corrected chi connectivity index (χ1v) is 16.2. The third-order valence-electron chi connectivity index (χ3n) is 9.47. The Morgan fingerprint density at radius 3 is 2.23 bits per heavy atom. The molecule has 1 atom stereocenters. The number of aliphatic imine (C=N–C) groups is 2. The molecular weight excluding hydrogens is 607 g/mol. The summed E-state index contributed by atoms with van der Waals surface area (Å²) < 4.78 is 39.9. The average Bonchev–Trinajstić information content (AvgIpc) is 3.62. The van der Waals surface area contributed by atoms with Crippen molar-refractivity contribution < 1.29 is 22.8 Å². The minimum absolute atomic E-state index is 0.0285. The van der Waals surface area contributed by atoms with Crippen molar-refractivity contribution in [2.24, 2.45) is 37.0 Å². The number of hydrogen-bond acceptors (Lipinski definition) is 7. The highest BCUT2D eigenvalue weighted by Crippen LogP contribution is 2.50. The molecule has 1 fully saturated rings. The minimum atomic E-state index is -4.59. The van der Waals surface area contributed by atoms with Crippen LogP contribution in [0.5, 0.6) is 0 Å². The molecule has 3 heterocycles. The molecule has 47 heavy (non-hydrogen) atoms. The number of rotatable bonds is 8. The monoisotopic (exact) mass is 651 g/mol. The fourth-order valence-electron chi connectivity index (χ4n) is 6.72. The van der Waals surface area contributed by atoms with E-state index in [9.17, 15) is 22.8 Å². The van der Waals surface area contributed by atoms with Gasteiger partial charge in [-0.2, -0.15) is 18.3 Å². The van der Waals surface area contributed by atoms with E-state index >= 15 is 0 Å². The number of nitrogens with one attached hydrogen (secondary N) is 1. The Kier molecular flexibility index (Phi) is 9.45. The standard InChI is InChI=1S/C35H44F3N7O2/c1-32(2,3)16-15-26(22-7-9-23(10-8-22)30(46)40-20-28-41-21-42-44-28)45-31(47)29(24-11-12-27(39-19-24)35(36,37)38)43-34(45)17-13-25(14-18-34)33(4,5)6/h7-12,19,25-26H,13-18,20-21H2,1-6H3,(H,40,46)/t25?,26-,34?/m1/s1. The second kappa shape index (κ2) is 12.9. The van der Waals surface area contributed by atoms with Gasteiger partial charge in [-0.05, 0) is 85.1 Å². The van der Waals surface area contributed by atoms with E-state index in [2.05, 4.69) is 67.1 Å². The number of amides is 2. The molecule has 1 aromatic heterocycles. The molecule has 1 N–H and O–H groups in total. The first-order chi connectivity index (χ1) is 22.0. The van der Waals surface area contributed by atoms with Crippen molar-refractivity contribution in [3.05, 3.63) is 65.0 Å². The lowest BCUT2D eigenvalue weighted by Crippen LogP contribution is -2.51. The zero-order valence-electron chi connectivity index (χ0n) is 28.0. The molecule has 0 radical (unpaired) electrons. The number of nitrogens with zero attached hydrogens (tertiary/aromatic N) is 6. The van der Waals surface area contributed by atoms with Gasteiger partial charge in [0, 0.05) is 17.3 Å². The lowest BCUT2D eigenvalue weighted by molar-refractivity contribution is -0.141. The summed E-state index contributed by atoms with van der Waals surface area (Å²) >= 11 is 0. The predicted octanol–water partition coefficient (Wildman–Crippen LogP) is 7.78. The molecule has 9 nitrogen and oxygen atoms in total. The third kappa shape index (κ3) is 7.79. The van der Waals surface area contributed by atoms with Crippen LogP contribution in [-0.4, -0.2) is 52.1 Å². The molecule has 1 aliphatic carbocycles. The molecule has 2 aliphatic heterocycles. The molecule has 5 rings (SSSR count). The van der Waals surface area contributed by atoms with Crippen molar-refractivity contribution in [3.63, 3.8) is 0 Å². The summed E-state index contributed by atoms with van der Waals surface area (Å²) in [5.74, 6) is 0.324. The Bertz CT molecular complexity index is 1560. The van der Waals surface area contributed by atoms with E-state index in [4.69, 9.17) is 4.99 Å². The SMILES string of the molecule is CC(C)(C)CC[C@H](c1ccc(C(=O)NCC2=NCN=N2)cc1)N1C(=O)C(c2ccc(C(F)(F)F)nc2)=NC12CCC(C(C)(C)C)CC2. The zero-order valence-corrected chi connectivity index (χ0v) is 28.0. The van der Waals surface area contributed by atoms with Gasteiger partial charge in [-0.1, -0.05) is 53.7 Å². The zero-order chi connectivity index (χ0) is 34.2. The van der Waals surface area contributed by atoms with Crippen LogP contribution < -0.4 is 5.32 Å². The number of pyridine rings is 1. The van der Waals surface area contributed by atoms with Gasteiger partial charge in [0.25, 0.3) is 11.8 Å². The molecule has 0 unspecified atom stereocenters. The Morgan fingerprint density at radius 1 is 1.02 bits per heavy atom. The van der Waals surface area contributed by atoms with Gasteiger partial charge < -0.3 is 10.2 Å². The molecule has 1 aromatic carbocycles. The van der Waals surface area contributed by atoms with E-state index in [-0.39, 0.29) is 53.2 Å². The number of aromatic nitrogens is 1. The van der Waals surface area contributed by atoms with Crippen molar-refractivity contribution in [1.29, 1.82) is 0 Å². The predicted molar refractivity (Wildman–Crippen MR) is 174 cm³/mol. The van der Waals surface area contributed by atoms with Crippen molar-refractivity contribution in [2.45, 2.75) is 97.9 Å². The summed E-state index contributed by atoms with van der Waals surface area (Å²) in [6.07, 6.45) is 0.986. The number of hydrogen-bond donors (Lipinski definition) is 1. The number of halogens is 3. The van der Waals surface area contributed by atoms with E-state index in [0.29, 0.717) is 36.6 Å². The largest absolute Gasteiger partial charge is 0.433 e. The maximum absolute atomic E-state index is 14.5. The second-order valence-electron chi connectivity index (χ2n) is 15.1. The van der Waals surface area contributed by atoms with Crippen LogP contribution in [0, 0.1) is 16.7 Å². The third-order valence-corrected chi connectivity index (χ3v) is 9.47. The van der Waals surface area contributed by atoms with E-state index in [0.717, 1.165) is 37.1 Å². The van der Waals surface area contributed by atoms with E-state index in [1.54, 1.807) is 12.1 Å². The number of azo groups is 1. The highest BCUT2D eigenvalue weighted by molar-refractivity contribution is 6.46. The Morgan fingerprint density at radius 2 is 1.70 bits per heavy atom. The topological polar surface area (TPSA) is 112 Å². The first-order valence-electron chi connectivity index (χ1n) is 16.2. The van der Waals surface area contributed by atoms with Crippen LogP contribution >= 0.6 is 0 Å². The van der Waals surface area contributed by atoms with E-state index in [1.807, 2.05) is 17.0 Å². The Balaban J connectivity index is 1.50.